The lowest BCUT2D eigenvalue weighted by Crippen LogP contribution is -2.19. The fraction of sp³-hybridized carbons (Fsp3) is 0.235. The van der Waals surface area contributed by atoms with Crippen LogP contribution in [-0.2, 0) is 10.2 Å². The molecule has 0 amide bonds. The smallest absolute Gasteiger partial charge is 0.314 e. The average molecular weight is 286 g/mol. The van der Waals surface area contributed by atoms with Gasteiger partial charge in [-0.1, -0.05) is 24.3 Å². The van der Waals surface area contributed by atoms with Crippen LogP contribution in [0.25, 0.3) is 11.1 Å². The van der Waals surface area contributed by atoms with E-state index in [0.717, 1.165) is 11.1 Å². The van der Waals surface area contributed by atoms with Crippen molar-refractivity contribution >= 4 is 5.97 Å². The van der Waals surface area contributed by atoms with Crippen molar-refractivity contribution in [1.82, 2.24) is 0 Å². The van der Waals surface area contributed by atoms with E-state index >= 15 is 0 Å². The minimum Gasteiger partial charge on any atom is -0.496 e. The monoisotopic (exact) mass is 286 g/mol. The molecule has 0 saturated heterocycles. The molecule has 108 valence electrons. The normalized spacial score (nSPS) is 15.5. The standard InChI is InChI=1S/C17H15FO3/c1-21-15-7-6-13(18)10-14(15)11-2-4-12(5-3-11)17(8-9-17)16(19)20/h2-7,10H,8-9H2,1H3,(H,19,20). The molecular formula is C17H15FO3. The minimum atomic E-state index is -0.779. The molecular weight excluding hydrogens is 271 g/mol. The van der Waals surface area contributed by atoms with E-state index in [-0.39, 0.29) is 5.82 Å². The summed E-state index contributed by atoms with van der Waals surface area (Å²) in [4.78, 5) is 11.3. The second kappa shape index (κ2) is 4.88. The van der Waals surface area contributed by atoms with E-state index in [1.807, 2.05) is 12.1 Å². The summed E-state index contributed by atoms with van der Waals surface area (Å²) in [5, 5.41) is 9.29. The van der Waals surface area contributed by atoms with Gasteiger partial charge in [-0.3, -0.25) is 4.79 Å². The lowest BCUT2D eigenvalue weighted by atomic mass is 9.93. The topological polar surface area (TPSA) is 46.5 Å². The van der Waals surface area contributed by atoms with Crippen LogP contribution >= 0.6 is 0 Å². The SMILES string of the molecule is COc1ccc(F)cc1-c1ccc(C2(C(=O)O)CC2)cc1. The summed E-state index contributed by atoms with van der Waals surface area (Å²) in [7, 11) is 1.54. The first-order valence-corrected chi connectivity index (χ1v) is 6.75. The fourth-order valence-corrected chi connectivity index (χ4v) is 2.63. The van der Waals surface area contributed by atoms with Crippen LogP contribution in [0.15, 0.2) is 42.5 Å². The Balaban J connectivity index is 1.99. The van der Waals surface area contributed by atoms with Crippen LogP contribution in [-0.4, -0.2) is 18.2 Å². The third-order valence-electron chi connectivity index (χ3n) is 4.07. The van der Waals surface area contributed by atoms with Gasteiger partial charge in [0.1, 0.15) is 11.6 Å². The molecule has 1 saturated carbocycles. The fourth-order valence-electron chi connectivity index (χ4n) is 2.63. The van der Waals surface area contributed by atoms with Gasteiger partial charge in [-0.25, -0.2) is 4.39 Å². The third kappa shape index (κ3) is 2.27. The Morgan fingerprint density at radius 1 is 1.19 bits per heavy atom. The number of carboxylic acid groups (broad SMARTS) is 1. The molecule has 1 aliphatic rings. The van der Waals surface area contributed by atoms with E-state index in [1.165, 1.54) is 19.2 Å². The van der Waals surface area contributed by atoms with Gasteiger partial charge in [-0.15, -0.1) is 0 Å². The maximum absolute atomic E-state index is 13.4. The van der Waals surface area contributed by atoms with Crippen molar-refractivity contribution in [1.29, 1.82) is 0 Å². The molecule has 2 aromatic rings. The Hall–Kier alpha value is -2.36. The number of ether oxygens (including phenoxy) is 1. The summed E-state index contributed by atoms with van der Waals surface area (Å²) in [6, 6.07) is 11.6. The predicted octanol–water partition coefficient (Wildman–Crippen LogP) is 3.62. The molecule has 3 nitrogen and oxygen atoms in total. The molecule has 3 rings (SSSR count). The summed E-state index contributed by atoms with van der Waals surface area (Å²) in [5.74, 6) is -0.527. The number of carbonyl (C=O) groups is 1. The van der Waals surface area contributed by atoms with Crippen molar-refractivity contribution in [2.24, 2.45) is 0 Å². The number of hydrogen-bond acceptors (Lipinski definition) is 2. The molecule has 0 unspecified atom stereocenters. The van der Waals surface area contributed by atoms with Crippen LogP contribution in [0, 0.1) is 5.82 Å². The Morgan fingerprint density at radius 2 is 1.86 bits per heavy atom. The van der Waals surface area contributed by atoms with Crippen LogP contribution in [0.4, 0.5) is 4.39 Å². The highest BCUT2D eigenvalue weighted by atomic mass is 19.1. The molecule has 0 aliphatic heterocycles. The van der Waals surface area contributed by atoms with E-state index in [9.17, 15) is 14.3 Å². The second-order valence-electron chi connectivity index (χ2n) is 5.31. The molecule has 0 bridgehead atoms. The van der Waals surface area contributed by atoms with Crippen molar-refractivity contribution in [2.45, 2.75) is 18.3 Å². The van der Waals surface area contributed by atoms with Gasteiger partial charge < -0.3 is 9.84 Å². The number of hydrogen-bond donors (Lipinski definition) is 1. The molecule has 1 aliphatic carbocycles. The lowest BCUT2D eigenvalue weighted by molar-refractivity contribution is -0.140. The van der Waals surface area contributed by atoms with Gasteiger partial charge in [-0.05, 0) is 42.2 Å². The minimum absolute atomic E-state index is 0.334. The summed E-state index contributed by atoms with van der Waals surface area (Å²) in [6.45, 7) is 0. The van der Waals surface area contributed by atoms with Crippen LogP contribution in [0.1, 0.15) is 18.4 Å². The van der Waals surface area contributed by atoms with Gasteiger partial charge in [-0.2, -0.15) is 0 Å². The maximum Gasteiger partial charge on any atom is 0.314 e. The van der Waals surface area contributed by atoms with Crippen molar-refractivity contribution in [3.8, 4) is 16.9 Å². The first kappa shape index (κ1) is 13.6. The predicted molar refractivity (Wildman–Crippen MR) is 76.9 cm³/mol. The Morgan fingerprint density at radius 3 is 2.38 bits per heavy atom. The Labute approximate surface area is 122 Å². The van der Waals surface area contributed by atoms with Gasteiger partial charge in [0.25, 0.3) is 0 Å². The van der Waals surface area contributed by atoms with E-state index in [1.54, 1.807) is 18.2 Å². The molecule has 0 heterocycles. The molecule has 0 atom stereocenters. The van der Waals surface area contributed by atoms with Crippen LogP contribution < -0.4 is 4.74 Å². The molecule has 0 spiro atoms. The van der Waals surface area contributed by atoms with Crippen molar-refractivity contribution in [3.63, 3.8) is 0 Å². The molecule has 0 aromatic heterocycles. The number of rotatable bonds is 4. The van der Waals surface area contributed by atoms with Gasteiger partial charge in [0, 0.05) is 5.56 Å². The van der Waals surface area contributed by atoms with Crippen LogP contribution in [0.5, 0.6) is 5.75 Å². The van der Waals surface area contributed by atoms with Gasteiger partial charge in [0.15, 0.2) is 0 Å². The van der Waals surface area contributed by atoms with E-state index < -0.39 is 11.4 Å². The average Bonchev–Trinajstić information content (AvgIpc) is 3.29. The molecule has 0 radical (unpaired) electrons. The van der Waals surface area contributed by atoms with E-state index in [2.05, 4.69) is 0 Å². The molecule has 1 N–H and O–H groups in total. The quantitative estimate of drug-likeness (QED) is 0.933. The molecule has 4 heteroatoms. The zero-order valence-electron chi connectivity index (χ0n) is 11.6. The van der Waals surface area contributed by atoms with Crippen molar-refractivity contribution in [3.05, 3.63) is 53.8 Å². The van der Waals surface area contributed by atoms with Gasteiger partial charge >= 0.3 is 5.97 Å². The first-order valence-electron chi connectivity index (χ1n) is 6.75. The largest absolute Gasteiger partial charge is 0.496 e. The highest BCUT2D eigenvalue weighted by Gasteiger charge is 2.51. The van der Waals surface area contributed by atoms with Crippen molar-refractivity contribution < 1.29 is 19.0 Å². The number of carboxylic acids is 1. The maximum atomic E-state index is 13.4. The zero-order chi connectivity index (χ0) is 15.0. The van der Waals surface area contributed by atoms with Crippen LogP contribution in [0.3, 0.4) is 0 Å². The number of aliphatic carboxylic acids is 1. The zero-order valence-corrected chi connectivity index (χ0v) is 11.6. The second-order valence-corrected chi connectivity index (χ2v) is 5.31. The highest BCUT2D eigenvalue weighted by molar-refractivity contribution is 5.85. The third-order valence-corrected chi connectivity index (χ3v) is 4.07. The number of methoxy groups -OCH3 is 1. The van der Waals surface area contributed by atoms with Gasteiger partial charge in [0.05, 0.1) is 12.5 Å². The summed E-state index contributed by atoms with van der Waals surface area (Å²) in [5.41, 5.74) is 1.54. The number of benzene rings is 2. The van der Waals surface area contributed by atoms with E-state index in [4.69, 9.17) is 4.74 Å². The Kier molecular flexibility index (Phi) is 3.16. The molecule has 21 heavy (non-hydrogen) atoms. The highest BCUT2D eigenvalue weighted by Crippen LogP contribution is 2.48. The van der Waals surface area contributed by atoms with E-state index in [0.29, 0.717) is 24.2 Å². The number of halogens is 1. The Bertz CT molecular complexity index is 688. The summed E-state index contributed by atoms with van der Waals surface area (Å²) in [6.07, 6.45) is 1.34. The summed E-state index contributed by atoms with van der Waals surface area (Å²) < 4.78 is 18.7. The van der Waals surface area contributed by atoms with Crippen molar-refractivity contribution in [2.75, 3.05) is 7.11 Å². The molecule has 1 fully saturated rings. The molecule has 2 aromatic carbocycles. The van der Waals surface area contributed by atoms with Gasteiger partial charge in [0.2, 0.25) is 0 Å². The van der Waals surface area contributed by atoms with Crippen LogP contribution in [0.2, 0.25) is 0 Å². The first-order chi connectivity index (χ1) is 10.1. The lowest BCUT2D eigenvalue weighted by Gasteiger charge is -2.12. The summed E-state index contributed by atoms with van der Waals surface area (Å²) >= 11 is 0.